The molecule has 2 unspecified atom stereocenters. The highest BCUT2D eigenvalue weighted by Gasteiger charge is 2.37. The fourth-order valence-corrected chi connectivity index (χ4v) is 3.76. The third-order valence-electron chi connectivity index (χ3n) is 4.20. The van der Waals surface area contributed by atoms with Gasteiger partial charge in [-0.15, -0.1) is 0 Å². The topological polar surface area (TPSA) is 164 Å². The Morgan fingerprint density at radius 2 is 2.07 bits per heavy atom. The molecule has 0 amide bonds. The molecule has 0 spiro atoms. The summed E-state index contributed by atoms with van der Waals surface area (Å²) in [5, 5.41) is 8.70. The van der Waals surface area contributed by atoms with Crippen LogP contribution in [0.15, 0.2) is 24.3 Å². The molecule has 168 valence electrons. The number of phosphoric acid groups is 1. The van der Waals surface area contributed by atoms with Crippen molar-refractivity contribution in [2.24, 2.45) is 5.73 Å². The third-order valence-corrected chi connectivity index (χ3v) is 5.41. The SMILES string of the molecule is N[C@@H](COP(=O)(O)OC1COCC[C@@H]1OC(=O)CCc1ccccc1OS)C(=O)O. The molecule has 4 atom stereocenters. The fraction of sp³-hybridized carbons (Fsp3) is 0.529. The van der Waals surface area contributed by atoms with Crippen molar-refractivity contribution in [3.05, 3.63) is 29.8 Å². The van der Waals surface area contributed by atoms with Crippen molar-refractivity contribution in [2.45, 2.75) is 37.5 Å². The van der Waals surface area contributed by atoms with Crippen LogP contribution in [-0.4, -0.2) is 60.0 Å². The Labute approximate surface area is 178 Å². The number of para-hydroxylation sites is 1. The summed E-state index contributed by atoms with van der Waals surface area (Å²) in [6, 6.07) is 5.59. The van der Waals surface area contributed by atoms with Crippen molar-refractivity contribution in [1.29, 1.82) is 0 Å². The van der Waals surface area contributed by atoms with E-state index in [9.17, 15) is 19.0 Å². The first kappa shape index (κ1) is 24.6. The van der Waals surface area contributed by atoms with Crippen LogP contribution < -0.4 is 9.92 Å². The van der Waals surface area contributed by atoms with E-state index in [-0.39, 0.29) is 26.1 Å². The zero-order valence-electron chi connectivity index (χ0n) is 15.9. The van der Waals surface area contributed by atoms with Crippen LogP contribution in [0.5, 0.6) is 5.75 Å². The molecule has 1 aliphatic heterocycles. The predicted molar refractivity (Wildman–Crippen MR) is 106 cm³/mol. The van der Waals surface area contributed by atoms with Crippen LogP contribution >= 0.6 is 20.7 Å². The normalized spacial score (nSPS) is 22.0. The number of ether oxygens (including phenoxy) is 2. The Morgan fingerprint density at radius 1 is 1.33 bits per heavy atom. The van der Waals surface area contributed by atoms with Gasteiger partial charge >= 0.3 is 19.8 Å². The zero-order chi connectivity index (χ0) is 22.1. The minimum atomic E-state index is -4.65. The Bertz CT molecular complexity index is 779. The minimum Gasteiger partial charge on any atom is -0.480 e. The van der Waals surface area contributed by atoms with Crippen molar-refractivity contribution in [3.63, 3.8) is 0 Å². The smallest absolute Gasteiger partial charge is 0.472 e. The number of carboxylic acid groups (broad SMARTS) is 1. The van der Waals surface area contributed by atoms with Crippen molar-refractivity contribution in [1.82, 2.24) is 0 Å². The van der Waals surface area contributed by atoms with Gasteiger partial charge in [0.05, 0.1) is 19.8 Å². The van der Waals surface area contributed by atoms with Gasteiger partial charge in [0.2, 0.25) is 0 Å². The monoisotopic (exact) mass is 465 g/mol. The zero-order valence-corrected chi connectivity index (χ0v) is 17.7. The number of nitrogens with two attached hydrogens (primary N) is 1. The van der Waals surface area contributed by atoms with Gasteiger partial charge in [0, 0.05) is 25.8 Å². The highest BCUT2D eigenvalue weighted by Crippen LogP contribution is 2.46. The van der Waals surface area contributed by atoms with Gasteiger partial charge in [0.15, 0.2) is 0 Å². The molecule has 30 heavy (non-hydrogen) atoms. The summed E-state index contributed by atoms with van der Waals surface area (Å²) in [6.45, 7) is -0.560. The van der Waals surface area contributed by atoms with Crippen molar-refractivity contribution >= 4 is 32.7 Å². The number of rotatable bonds is 11. The van der Waals surface area contributed by atoms with Gasteiger partial charge in [-0.2, -0.15) is 0 Å². The summed E-state index contributed by atoms with van der Waals surface area (Å²) < 4.78 is 37.3. The summed E-state index contributed by atoms with van der Waals surface area (Å²) >= 11 is 3.77. The number of carbonyl (C=O) groups excluding carboxylic acids is 1. The van der Waals surface area contributed by atoms with Gasteiger partial charge < -0.3 is 29.4 Å². The molecule has 0 aliphatic carbocycles. The van der Waals surface area contributed by atoms with Crippen LogP contribution in [-0.2, 0) is 39.1 Å². The molecule has 1 aromatic rings. The first-order valence-electron chi connectivity index (χ1n) is 9.02. The Kier molecular flexibility index (Phi) is 9.56. The largest absolute Gasteiger partial charge is 0.480 e. The standard InChI is InChI=1S/C17H24NO10PS/c18-12(17(20)21)9-25-29(22,23)27-15-10-24-8-7-14(15)26-16(19)6-5-11-3-1-2-4-13(11)28-30/h1-4,12,14-15,30H,5-10,18H2,(H,20,21)(H,22,23)/t12-,14-,15?/m0/s1. The second-order valence-corrected chi connectivity index (χ2v) is 8.03. The van der Waals surface area contributed by atoms with Crippen molar-refractivity contribution in [2.75, 3.05) is 19.8 Å². The summed E-state index contributed by atoms with van der Waals surface area (Å²) in [6.07, 6.45) is -1.26. The van der Waals surface area contributed by atoms with Gasteiger partial charge in [-0.1, -0.05) is 18.2 Å². The lowest BCUT2D eigenvalue weighted by molar-refractivity contribution is -0.164. The van der Waals surface area contributed by atoms with Gasteiger partial charge in [-0.25, -0.2) is 4.57 Å². The van der Waals surface area contributed by atoms with Gasteiger partial charge in [0.25, 0.3) is 0 Å². The average molecular weight is 465 g/mol. The molecule has 1 saturated heterocycles. The minimum absolute atomic E-state index is 0.0407. The maximum atomic E-state index is 12.3. The van der Waals surface area contributed by atoms with Crippen LogP contribution in [0.1, 0.15) is 18.4 Å². The number of hydrogen-bond donors (Lipinski definition) is 4. The first-order valence-corrected chi connectivity index (χ1v) is 10.9. The number of hydrogen-bond acceptors (Lipinski definition) is 10. The number of benzene rings is 1. The molecule has 1 aromatic carbocycles. The van der Waals surface area contributed by atoms with E-state index in [1.165, 1.54) is 0 Å². The fourth-order valence-electron chi connectivity index (χ4n) is 2.64. The van der Waals surface area contributed by atoms with Gasteiger partial charge in [0.1, 0.15) is 24.0 Å². The second kappa shape index (κ2) is 11.7. The van der Waals surface area contributed by atoms with Crippen LogP contribution in [0.25, 0.3) is 0 Å². The summed E-state index contributed by atoms with van der Waals surface area (Å²) in [4.78, 5) is 32.7. The van der Waals surface area contributed by atoms with Crippen LogP contribution in [0.3, 0.4) is 0 Å². The maximum Gasteiger partial charge on any atom is 0.472 e. The number of carbonyl (C=O) groups is 2. The molecule has 0 aromatic heterocycles. The third kappa shape index (κ3) is 7.88. The van der Waals surface area contributed by atoms with E-state index in [2.05, 4.69) is 17.4 Å². The average Bonchev–Trinajstić information content (AvgIpc) is 2.72. The quantitative estimate of drug-likeness (QED) is 0.160. The molecule has 11 nitrogen and oxygen atoms in total. The lowest BCUT2D eigenvalue weighted by Crippen LogP contribution is -2.41. The number of thiol groups is 1. The second-order valence-electron chi connectivity index (χ2n) is 6.44. The molecule has 0 bridgehead atoms. The van der Waals surface area contributed by atoms with E-state index in [0.717, 1.165) is 5.56 Å². The number of aryl methyl sites for hydroxylation is 1. The van der Waals surface area contributed by atoms with E-state index < -0.39 is 44.6 Å². The van der Waals surface area contributed by atoms with Gasteiger partial charge in [-0.3, -0.25) is 18.6 Å². The molecule has 13 heteroatoms. The summed E-state index contributed by atoms with van der Waals surface area (Å²) in [7, 11) is -4.65. The van der Waals surface area contributed by atoms with E-state index >= 15 is 0 Å². The number of aliphatic carboxylic acids is 1. The maximum absolute atomic E-state index is 12.3. The molecular weight excluding hydrogens is 441 g/mol. The lowest BCUT2D eigenvalue weighted by Gasteiger charge is -2.31. The Balaban J connectivity index is 1.89. The van der Waals surface area contributed by atoms with E-state index in [1.807, 2.05) is 0 Å². The van der Waals surface area contributed by atoms with Crippen LogP contribution in [0, 0.1) is 0 Å². The molecule has 0 saturated carbocycles. The molecule has 4 N–H and O–H groups in total. The number of esters is 1. The molecule has 1 fully saturated rings. The molecule has 2 rings (SSSR count). The van der Waals surface area contributed by atoms with Crippen molar-refractivity contribution < 1.29 is 46.9 Å². The van der Waals surface area contributed by atoms with E-state index in [1.54, 1.807) is 24.3 Å². The Morgan fingerprint density at radius 3 is 2.77 bits per heavy atom. The number of phosphoric ester groups is 1. The first-order chi connectivity index (χ1) is 14.2. The molecule has 1 aliphatic rings. The van der Waals surface area contributed by atoms with Crippen LogP contribution in [0.2, 0.25) is 0 Å². The van der Waals surface area contributed by atoms with Crippen LogP contribution in [0.4, 0.5) is 0 Å². The molecule has 1 heterocycles. The predicted octanol–water partition coefficient (Wildman–Crippen LogP) is 1.09. The van der Waals surface area contributed by atoms with Crippen molar-refractivity contribution in [3.8, 4) is 5.75 Å². The highest BCUT2D eigenvalue weighted by atomic mass is 32.1. The molecular formula is C17H24NO10PS. The summed E-state index contributed by atoms with van der Waals surface area (Å²) in [5.41, 5.74) is 6.00. The molecule has 0 radical (unpaired) electrons. The number of carboxylic acids is 1. The van der Waals surface area contributed by atoms with Gasteiger partial charge in [-0.05, 0) is 18.1 Å². The highest BCUT2D eigenvalue weighted by molar-refractivity contribution is 7.75. The van der Waals surface area contributed by atoms with E-state index in [0.29, 0.717) is 12.2 Å². The van der Waals surface area contributed by atoms with E-state index in [4.69, 9.17) is 29.0 Å². The Hall–Kier alpha value is -1.66. The lowest BCUT2D eigenvalue weighted by atomic mass is 10.1. The summed E-state index contributed by atoms with van der Waals surface area (Å²) in [5.74, 6) is -1.40.